The molecule has 2 aliphatic rings. The molecule has 3 atom stereocenters. The fourth-order valence-corrected chi connectivity index (χ4v) is 6.69. The minimum Gasteiger partial charge on any atom is -0.493 e. The Bertz CT molecular complexity index is 1600. The van der Waals surface area contributed by atoms with Crippen molar-refractivity contribution in [2.75, 3.05) is 12.4 Å². The first kappa shape index (κ1) is 26.9. The van der Waals surface area contributed by atoms with E-state index in [0.29, 0.717) is 35.0 Å². The zero-order valence-electron chi connectivity index (χ0n) is 22.4. The van der Waals surface area contributed by atoms with E-state index in [1.165, 1.54) is 22.4 Å². The molecule has 0 fully saturated rings. The summed E-state index contributed by atoms with van der Waals surface area (Å²) in [5.74, 6) is 2.37. The van der Waals surface area contributed by atoms with Crippen LogP contribution in [-0.2, 0) is 6.61 Å². The van der Waals surface area contributed by atoms with E-state index in [4.69, 9.17) is 26.1 Å². The van der Waals surface area contributed by atoms with Crippen LogP contribution in [0.1, 0.15) is 46.2 Å². The predicted octanol–water partition coefficient (Wildman–Crippen LogP) is 9.42. The largest absolute Gasteiger partial charge is 0.493 e. The van der Waals surface area contributed by atoms with Gasteiger partial charge in [-0.05, 0) is 107 Å². The maximum atomic E-state index is 6.11. The zero-order chi connectivity index (χ0) is 27.6. The Morgan fingerprint density at radius 1 is 1.05 bits per heavy atom. The van der Waals surface area contributed by atoms with Crippen molar-refractivity contribution >= 4 is 51.8 Å². The molecule has 4 nitrogen and oxygen atoms in total. The first-order chi connectivity index (χ1) is 19.5. The monoisotopic (exact) mass is 660 g/mol. The minimum atomic E-state index is 0.276. The van der Waals surface area contributed by atoms with E-state index >= 15 is 0 Å². The molecule has 6 rings (SSSR count). The van der Waals surface area contributed by atoms with Crippen LogP contribution in [0, 0.1) is 16.4 Å². The van der Waals surface area contributed by atoms with Gasteiger partial charge in [0.2, 0.25) is 0 Å². The van der Waals surface area contributed by atoms with Crippen LogP contribution in [0.15, 0.2) is 96.0 Å². The van der Waals surface area contributed by atoms with E-state index in [9.17, 15) is 0 Å². The normalized spacial score (nSPS) is 19.2. The molecule has 0 amide bonds. The summed E-state index contributed by atoms with van der Waals surface area (Å²) in [6.45, 7) is 2.58. The molecule has 0 radical (unpaired) electrons. The molecule has 0 bridgehead atoms. The molecule has 0 spiro atoms. The van der Waals surface area contributed by atoms with Crippen LogP contribution < -0.4 is 14.8 Å². The summed E-state index contributed by atoms with van der Waals surface area (Å²) in [5.41, 5.74) is 8.12. The van der Waals surface area contributed by atoms with E-state index in [0.717, 1.165) is 26.8 Å². The quantitative estimate of drug-likeness (QED) is 0.122. The fourth-order valence-electron chi connectivity index (χ4n) is 5.70. The second kappa shape index (κ2) is 11.7. The van der Waals surface area contributed by atoms with Gasteiger partial charge in [-0.3, -0.25) is 4.99 Å². The number of halogens is 2. The maximum absolute atomic E-state index is 6.11. The number of fused-ring (bicyclic) bond motifs is 3. The summed E-state index contributed by atoms with van der Waals surface area (Å²) in [6, 6.07) is 27.3. The lowest BCUT2D eigenvalue weighted by Gasteiger charge is -2.37. The highest BCUT2D eigenvalue weighted by atomic mass is 127. The van der Waals surface area contributed by atoms with Crippen molar-refractivity contribution in [1.29, 1.82) is 0 Å². The third-order valence-electron chi connectivity index (χ3n) is 7.66. The zero-order valence-corrected chi connectivity index (χ0v) is 25.3. The van der Waals surface area contributed by atoms with Crippen LogP contribution in [0.2, 0.25) is 5.02 Å². The molecule has 0 saturated carbocycles. The summed E-state index contributed by atoms with van der Waals surface area (Å²) in [6.07, 6.45) is 7.69. The van der Waals surface area contributed by atoms with Gasteiger partial charge in [0.15, 0.2) is 11.5 Å². The van der Waals surface area contributed by atoms with Gasteiger partial charge in [0.1, 0.15) is 6.61 Å². The number of anilines is 1. The number of aryl methyl sites for hydroxylation is 1. The fraction of sp³-hybridized carbons (Fsp3) is 0.206. The van der Waals surface area contributed by atoms with Gasteiger partial charge < -0.3 is 14.8 Å². The second-order valence-corrected chi connectivity index (χ2v) is 12.0. The number of hydrogen-bond acceptors (Lipinski definition) is 4. The lowest BCUT2D eigenvalue weighted by atomic mass is 9.76. The van der Waals surface area contributed by atoms with E-state index in [-0.39, 0.29) is 6.04 Å². The van der Waals surface area contributed by atoms with Crippen LogP contribution in [0.4, 0.5) is 11.4 Å². The lowest BCUT2D eigenvalue weighted by molar-refractivity contribution is 0.282. The Morgan fingerprint density at radius 3 is 2.70 bits per heavy atom. The highest BCUT2D eigenvalue weighted by Gasteiger charge is 2.37. The summed E-state index contributed by atoms with van der Waals surface area (Å²) >= 11 is 8.39. The molecular formula is C34H30ClIN2O2. The molecule has 1 aliphatic heterocycles. The Labute approximate surface area is 254 Å². The van der Waals surface area contributed by atoms with Crippen LogP contribution in [0.5, 0.6) is 11.5 Å². The summed E-state index contributed by atoms with van der Waals surface area (Å²) in [7, 11) is 1.65. The van der Waals surface area contributed by atoms with Gasteiger partial charge in [0.05, 0.1) is 22.4 Å². The maximum Gasteiger partial charge on any atom is 0.174 e. The first-order valence-corrected chi connectivity index (χ1v) is 14.9. The number of hydrogen-bond donors (Lipinski definition) is 1. The number of nitrogens with one attached hydrogen (secondary N) is 1. The van der Waals surface area contributed by atoms with Gasteiger partial charge in [-0.15, -0.1) is 0 Å². The van der Waals surface area contributed by atoms with Crippen molar-refractivity contribution in [2.24, 2.45) is 10.9 Å². The minimum absolute atomic E-state index is 0.276. The number of rotatable bonds is 7. The lowest BCUT2D eigenvalue weighted by Crippen LogP contribution is -2.29. The van der Waals surface area contributed by atoms with E-state index in [1.807, 2.05) is 42.6 Å². The van der Waals surface area contributed by atoms with Gasteiger partial charge in [-0.2, -0.15) is 0 Å². The first-order valence-electron chi connectivity index (χ1n) is 13.4. The smallest absolute Gasteiger partial charge is 0.174 e. The van der Waals surface area contributed by atoms with Gasteiger partial charge in [0, 0.05) is 22.8 Å². The third kappa shape index (κ3) is 5.63. The molecule has 202 valence electrons. The second-order valence-electron chi connectivity index (χ2n) is 10.4. The van der Waals surface area contributed by atoms with Crippen molar-refractivity contribution < 1.29 is 9.47 Å². The van der Waals surface area contributed by atoms with E-state index in [2.05, 4.69) is 89.4 Å². The molecular weight excluding hydrogens is 631 g/mol. The molecule has 1 aliphatic carbocycles. The van der Waals surface area contributed by atoms with Crippen LogP contribution in [0.3, 0.4) is 0 Å². The Hall–Kier alpha value is -3.29. The van der Waals surface area contributed by atoms with Crippen LogP contribution in [-0.4, -0.2) is 13.3 Å². The molecule has 0 unspecified atom stereocenters. The van der Waals surface area contributed by atoms with Crippen LogP contribution in [0.25, 0.3) is 0 Å². The summed E-state index contributed by atoms with van der Waals surface area (Å²) in [5, 5.41) is 4.52. The average Bonchev–Trinajstić information content (AvgIpc) is 3.46. The van der Waals surface area contributed by atoms with Crippen molar-refractivity contribution in [1.82, 2.24) is 0 Å². The Morgan fingerprint density at radius 2 is 1.90 bits per heavy atom. The van der Waals surface area contributed by atoms with Gasteiger partial charge in [-0.1, -0.05) is 65.7 Å². The number of methoxy groups -OCH3 is 1. The van der Waals surface area contributed by atoms with Gasteiger partial charge in [0.25, 0.3) is 0 Å². The number of allylic oxidation sites excluding steroid dienone is 2. The molecule has 6 heteroatoms. The highest BCUT2D eigenvalue weighted by Crippen LogP contribution is 2.50. The average molecular weight is 661 g/mol. The molecule has 1 heterocycles. The Kier molecular flexibility index (Phi) is 7.85. The molecule has 0 saturated heterocycles. The number of nitrogens with zero attached hydrogens (tertiary/aromatic N) is 1. The molecule has 4 aromatic carbocycles. The van der Waals surface area contributed by atoms with E-state index in [1.54, 1.807) is 7.11 Å². The topological polar surface area (TPSA) is 42.8 Å². The van der Waals surface area contributed by atoms with Crippen LogP contribution >= 0.6 is 34.2 Å². The van der Waals surface area contributed by atoms with Crippen molar-refractivity contribution in [3.05, 3.63) is 127 Å². The standard InChI is InChI=1S/C34H30ClIN2O2/c1-21-9-14-31-29(15-21)27-7-4-8-28(27)33(38-31)24-10-12-26(13-11-24)37-19-23-17-30(36)34(32(18-23)39-2)40-20-22-5-3-6-25(35)16-22/h3-7,9-19,27-28,33,38H,8,20H2,1-2H3/t27-,28-,33-/m0/s1. The molecule has 40 heavy (non-hydrogen) atoms. The number of ether oxygens (including phenoxy) is 2. The van der Waals surface area contributed by atoms with Crippen molar-refractivity contribution in [3.63, 3.8) is 0 Å². The molecule has 4 aromatic rings. The van der Waals surface area contributed by atoms with Gasteiger partial charge in [-0.25, -0.2) is 0 Å². The summed E-state index contributed by atoms with van der Waals surface area (Å²) < 4.78 is 12.7. The number of aliphatic imine (C=N–C) groups is 1. The summed E-state index contributed by atoms with van der Waals surface area (Å²) in [4.78, 5) is 4.75. The molecule has 0 aromatic heterocycles. The highest BCUT2D eigenvalue weighted by molar-refractivity contribution is 14.1. The van der Waals surface area contributed by atoms with E-state index < -0.39 is 0 Å². The Balaban J connectivity index is 1.17. The van der Waals surface area contributed by atoms with Crippen molar-refractivity contribution in [2.45, 2.75) is 31.9 Å². The predicted molar refractivity (Wildman–Crippen MR) is 173 cm³/mol. The SMILES string of the molecule is COc1cc(C=Nc2ccc([C@@H]3Nc4ccc(C)cc4[C@H]4C=CC[C@@H]43)cc2)cc(I)c1OCc1cccc(Cl)c1. The number of benzene rings is 4. The van der Waals surface area contributed by atoms with Crippen molar-refractivity contribution in [3.8, 4) is 11.5 Å². The van der Waals surface area contributed by atoms with Gasteiger partial charge >= 0.3 is 0 Å². The third-order valence-corrected chi connectivity index (χ3v) is 8.69. The molecule has 1 N–H and O–H groups in total.